The molecule has 5 rings (SSSR count). The molecule has 0 radical (unpaired) electrons. The molecule has 1 atom stereocenters. The van der Waals surface area contributed by atoms with Gasteiger partial charge in [0.15, 0.2) is 0 Å². The van der Waals surface area contributed by atoms with Gasteiger partial charge in [0.05, 0.1) is 23.3 Å². The lowest BCUT2D eigenvalue weighted by Gasteiger charge is -2.35. The Kier molecular flexibility index (Phi) is 6.72. The minimum atomic E-state index is -0.261. The molecule has 35 heavy (non-hydrogen) atoms. The first-order valence-electron chi connectivity index (χ1n) is 12.2. The number of hydrogen-bond donors (Lipinski definition) is 3. The lowest BCUT2D eigenvalue weighted by atomic mass is 10.0. The number of aryl methyl sites for hydroxylation is 1. The summed E-state index contributed by atoms with van der Waals surface area (Å²) in [5.41, 5.74) is 5.58. The van der Waals surface area contributed by atoms with Gasteiger partial charge in [0.2, 0.25) is 0 Å². The number of carbonyl (C=O) groups excluding carboxylic acids is 1. The summed E-state index contributed by atoms with van der Waals surface area (Å²) < 4.78 is 0. The highest BCUT2D eigenvalue weighted by Crippen LogP contribution is 2.25. The van der Waals surface area contributed by atoms with E-state index in [4.69, 9.17) is 4.98 Å². The maximum atomic E-state index is 12.3. The van der Waals surface area contributed by atoms with Crippen molar-refractivity contribution in [3.05, 3.63) is 78.1 Å². The van der Waals surface area contributed by atoms with Crippen molar-refractivity contribution in [2.45, 2.75) is 45.2 Å². The number of hydrogen-bond acceptors (Lipinski definition) is 6. The Balaban J connectivity index is 1.15. The van der Waals surface area contributed by atoms with E-state index in [0.29, 0.717) is 11.7 Å². The van der Waals surface area contributed by atoms with Crippen molar-refractivity contribution in [2.75, 3.05) is 23.3 Å². The molecular weight excluding hydrogens is 438 g/mol. The fraction of sp³-hybridized carbons (Fsp3) is 0.333. The molecule has 8 nitrogen and oxygen atoms in total. The van der Waals surface area contributed by atoms with E-state index in [1.165, 1.54) is 23.6 Å². The number of nitrogens with zero attached hydrogens (tertiary/aromatic N) is 4. The Labute approximate surface area is 205 Å². The minimum Gasteiger partial charge on any atom is -0.371 e. The van der Waals surface area contributed by atoms with Crippen LogP contribution in [0.15, 0.2) is 61.1 Å². The molecular formula is C27H31N7O. The van der Waals surface area contributed by atoms with E-state index in [2.05, 4.69) is 74.7 Å². The Morgan fingerprint density at radius 3 is 2.66 bits per heavy atom. The van der Waals surface area contributed by atoms with Gasteiger partial charge < -0.3 is 20.5 Å². The number of aromatic amines is 1. The number of amides is 1. The second-order valence-corrected chi connectivity index (χ2v) is 9.12. The molecule has 3 N–H and O–H groups in total. The minimum absolute atomic E-state index is 0.219. The molecule has 0 aliphatic carbocycles. The van der Waals surface area contributed by atoms with Crippen molar-refractivity contribution in [3.8, 4) is 0 Å². The number of benzene rings is 2. The van der Waals surface area contributed by atoms with Crippen molar-refractivity contribution in [1.29, 1.82) is 0 Å². The predicted octanol–water partition coefficient (Wildman–Crippen LogP) is 4.62. The van der Waals surface area contributed by atoms with Crippen LogP contribution >= 0.6 is 0 Å². The van der Waals surface area contributed by atoms with Crippen molar-refractivity contribution >= 4 is 28.3 Å². The molecule has 3 heterocycles. The summed E-state index contributed by atoms with van der Waals surface area (Å²) >= 11 is 0. The molecule has 1 fully saturated rings. The lowest BCUT2D eigenvalue weighted by Crippen LogP contribution is -2.43. The van der Waals surface area contributed by atoms with Gasteiger partial charge in [0.1, 0.15) is 11.5 Å². The quantitative estimate of drug-likeness (QED) is 0.365. The Morgan fingerprint density at radius 1 is 1.14 bits per heavy atom. The number of imidazole rings is 1. The summed E-state index contributed by atoms with van der Waals surface area (Å²) in [5, 5.41) is 6.71. The van der Waals surface area contributed by atoms with Crippen LogP contribution < -0.4 is 15.5 Å². The van der Waals surface area contributed by atoms with E-state index in [1.807, 2.05) is 12.1 Å². The van der Waals surface area contributed by atoms with Crippen LogP contribution in [-0.2, 0) is 0 Å². The molecule has 0 spiro atoms. The topological polar surface area (TPSA) is 98.8 Å². The molecule has 0 bridgehead atoms. The molecule has 2 aromatic carbocycles. The fourth-order valence-electron chi connectivity index (χ4n) is 4.65. The number of rotatable bonds is 7. The van der Waals surface area contributed by atoms with Gasteiger partial charge >= 0.3 is 0 Å². The summed E-state index contributed by atoms with van der Waals surface area (Å²) in [4.78, 5) is 31.0. The van der Waals surface area contributed by atoms with Crippen molar-refractivity contribution in [1.82, 2.24) is 25.3 Å². The summed E-state index contributed by atoms with van der Waals surface area (Å²) in [7, 11) is 0. The van der Waals surface area contributed by atoms with E-state index in [1.54, 1.807) is 6.20 Å². The first-order chi connectivity index (χ1) is 17.1. The van der Waals surface area contributed by atoms with Crippen LogP contribution in [-0.4, -0.2) is 45.0 Å². The third-order valence-electron chi connectivity index (χ3n) is 6.61. The summed E-state index contributed by atoms with van der Waals surface area (Å²) in [5.74, 6) is 0.762. The number of anilines is 2. The highest BCUT2D eigenvalue weighted by Gasteiger charge is 2.23. The monoisotopic (exact) mass is 469 g/mol. The largest absolute Gasteiger partial charge is 0.371 e. The zero-order valence-corrected chi connectivity index (χ0v) is 20.2. The smallest absolute Gasteiger partial charge is 0.275 e. The van der Waals surface area contributed by atoms with Crippen molar-refractivity contribution in [3.63, 3.8) is 0 Å². The Hall–Kier alpha value is -3.78. The van der Waals surface area contributed by atoms with Crippen LogP contribution in [0.5, 0.6) is 0 Å². The lowest BCUT2D eigenvalue weighted by molar-refractivity contribution is 0.102. The van der Waals surface area contributed by atoms with E-state index in [9.17, 15) is 4.79 Å². The van der Waals surface area contributed by atoms with Gasteiger partial charge in [-0.15, -0.1) is 0 Å². The molecule has 180 valence electrons. The van der Waals surface area contributed by atoms with E-state index in [-0.39, 0.29) is 11.9 Å². The number of aromatic nitrogens is 4. The number of piperidine rings is 1. The van der Waals surface area contributed by atoms with Crippen molar-refractivity contribution in [2.24, 2.45) is 0 Å². The normalized spacial score (nSPS) is 15.3. The first kappa shape index (κ1) is 23.0. The highest BCUT2D eigenvalue weighted by atomic mass is 16.1. The Bertz CT molecular complexity index is 1280. The van der Waals surface area contributed by atoms with Crippen LogP contribution in [0.25, 0.3) is 11.0 Å². The zero-order valence-electron chi connectivity index (χ0n) is 20.2. The molecule has 1 saturated heterocycles. The van der Waals surface area contributed by atoms with Gasteiger partial charge in [-0.05, 0) is 68.1 Å². The average molecular weight is 470 g/mol. The molecule has 4 aromatic rings. The maximum absolute atomic E-state index is 12.3. The number of H-pyrrole nitrogens is 1. The van der Waals surface area contributed by atoms with Gasteiger partial charge in [-0.3, -0.25) is 9.78 Å². The van der Waals surface area contributed by atoms with Gasteiger partial charge in [0, 0.05) is 42.9 Å². The molecule has 0 saturated carbocycles. The van der Waals surface area contributed by atoms with Crippen LogP contribution in [0.4, 0.5) is 11.4 Å². The second kappa shape index (κ2) is 10.2. The fourth-order valence-corrected chi connectivity index (χ4v) is 4.65. The molecule has 1 aliphatic rings. The second-order valence-electron chi connectivity index (χ2n) is 9.12. The van der Waals surface area contributed by atoms with Gasteiger partial charge in [-0.25, -0.2) is 9.97 Å². The molecule has 8 heteroatoms. The third kappa shape index (κ3) is 5.33. The standard InChI is InChI=1S/C27H31N7O/c1-3-22(26-32-23-9-4-18(2)16-24(23)33-26)30-20-10-14-34(15-11-20)21-7-5-19(6-8-21)31-27(35)25-17-28-12-13-29-25/h4-9,12-13,16-17,20,22,30H,3,10-11,14-15H2,1-2H3,(H,31,35)(H,32,33)/t22-/m0/s1. The predicted molar refractivity (Wildman–Crippen MR) is 139 cm³/mol. The van der Waals surface area contributed by atoms with E-state index in [0.717, 1.165) is 54.9 Å². The summed E-state index contributed by atoms with van der Waals surface area (Å²) in [6, 6.07) is 15.0. The van der Waals surface area contributed by atoms with Crippen LogP contribution in [0, 0.1) is 6.92 Å². The zero-order chi connectivity index (χ0) is 24.2. The van der Waals surface area contributed by atoms with Gasteiger partial charge in [-0.1, -0.05) is 13.0 Å². The number of nitrogens with one attached hydrogen (secondary N) is 3. The molecule has 1 aliphatic heterocycles. The Morgan fingerprint density at radius 2 is 1.94 bits per heavy atom. The summed E-state index contributed by atoms with van der Waals surface area (Å²) in [6.07, 6.45) is 7.64. The molecule has 1 amide bonds. The van der Waals surface area contributed by atoms with Crippen LogP contribution in [0.1, 0.15) is 54.1 Å². The number of fused-ring (bicyclic) bond motifs is 1. The van der Waals surface area contributed by atoms with Gasteiger partial charge in [-0.2, -0.15) is 0 Å². The van der Waals surface area contributed by atoms with Gasteiger partial charge in [0.25, 0.3) is 5.91 Å². The maximum Gasteiger partial charge on any atom is 0.275 e. The third-order valence-corrected chi connectivity index (χ3v) is 6.61. The number of carbonyl (C=O) groups is 1. The first-order valence-corrected chi connectivity index (χ1v) is 12.2. The van der Waals surface area contributed by atoms with Crippen molar-refractivity contribution < 1.29 is 4.79 Å². The summed E-state index contributed by atoms with van der Waals surface area (Å²) in [6.45, 7) is 6.28. The van der Waals surface area contributed by atoms with Crippen LogP contribution in [0.2, 0.25) is 0 Å². The van der Waals surface area contributed by atoms with Crippen LogP contribution in [0.3, 0.4) is 0 Å². The van der Waals surface area contributed by atoms with E-state index < -0.39 is 0 Å². The molecule has 0 unspecified atom stereocenters. The van der Waals surface area contributed by atoms with E-state index >= 15 is 0 Å². The SMILES string of the molecule is CC[C@H](NC1CCN(c2ccc(NC(=O)c3cnccn3)cc2)CC1)c1nc2ccc(C)cc2[nH]1. The molecule has 2 aromatic heterocycles. The average Bonchev–Trinajstić information content (AvgIpc) is 3.31. The highest BCUT2D eigenvalue weighted by molar-refractivity contribution is 6.02.